The van der Waals surface area contributed by atoms with Crippen molar-refractivity contribution < 1.29 is 0 Å². The summed E-state index contributed by atoms with van der Waals surface area (Å²) in [4.78, 5) is 7.92. The number of nitrogens with zero attached hydrogens (tertiary/aromatic N) is 10. The molecule has 24 heavy (non-hydrogen) atoms. The molecule has 0 N–H and O–H groups in total. The van der Waals surface area contributed by atoms with Crippen LogP contribution in [0.3, 0.4) is 0 Å². The highest BCUT2D eigenvalue weighted by Gasteiger charge is 2.18. The normalized spacial score (nSPS) is 10.1. The highest BCUT2D eigenvalue weighted by Crippen LogP contribution is 2.22. The molecule has 0 fully saturated rings. The molecule has 2 heterocycles. The first-order valence-electron chi connectivity index (χ1n) is 6.88. The predicted molar refractivity (Wildman–Crippen MR) is 78.8 cm³/mol. The highest BCUT2D eigenvalue weighted by molar-refractivity contribution is 5.45. The molecule has 0 aliphatic carbocycles. The van der Waals surface area contributed by atoms with E-state index in [4.69, 9.17) is 21.0 Å². The van der Waals surface area contributed by atoms with E-state index in [-0.39, 0.29) is 34.7 Å². The Balaban J connectivity index is 2.55. The summed E-state index contributed by atoms with van der Waals surface area (Å²) in [5, 5.41) is 44.1. The standard InChI is InChI=1S/C14H10N10/c1-3-23-11(7-17)9(5-15)19-13(23)21-22-14-20-10(6-16)12(8-18)24(14)4-2/h3-4H2,1-2H3/b22-21+. The number of hydrogen-bond acceptors (Lipinski definition) is 8. The van der Waals surface area contributed by atoms with Gasteiger partial charge in [0.1, 0.15) is 24.3 Å². The molecule has 0 aliphatic heterocycles. The maximum atomic E-state index is 9.12. The fraction of sp³-hybridized carbons (Fsp3) is 0.286. The third-order valence-corrected chi connectivity index (χ3v) is 3.18. The molecule has 10 nitrogen and oxygen atoms in total. The van der Waals surface area contributed by atoms with Gasteiger partial charge in [0.05, 0.1) is 0 Å². The van der Waals surface area contributed by atoms with Crippen molar-refractivity contribution in [2.24, 2.45) is 10.2 Å². The van der Waals surface area contributed by atoms with Gasteiger partial charge in [0, 0.05) is 13.1 Å². The number of aromatic nitrogens is 4. The van der Waals surface area contributed by atoms with Crippen LogP contribution in [-0.2, 0) is 13.1 Å². The first-order chi connectivity index (χ1) is 11.6. The van der Waals surface area contributed by atoms with Crippen LogP contribution in [0.25, 0.3) is 0 Å². The zero-order chi connectivity index (χ0) is 17.7. The van der Waals surface area contributed by atoms with Crippen LogP contribution in [0.1, 0.15) is 36.6 Å². The van der Waals surface area contributed by atoms with Gasteiger partial charge < -0.3 is 0 Å². The van der Waals surface area contributed by atoms with E-state index in [9.17, 15) is 0 Å². The van der Waals surface area contributed by atoms with Gasteiger partial charge >= 0.3 is 0 Å². The summed E-state index contributed by atoms with van der Waals surface area (Å²) in [7, 11) is 0. The number of imidazole rings is 2. The smallest absolute Gasteiger partial charge is 0.251 e. The molecule has 0 amide bonds. The molecule has 2 rings (SSSR count). The number of hydrogen-bond donors (Lipinski definition) is 0. The van der Waals surface area contributed by atoms with E-state index in [1.54, 1.807) is 13.8 Å². The van der Waals surface area contributed by atoms with Crippen LogP contribution < -0.4 is 0 Å². The average molecular weight is 318 g/mol. The summed E-state index contributed by atoms with van der Waals surface area (Å²) >= 11 is 0. The summed E-state index contributed by atoms with van der Waals surface area (Å²) in [6.45, 7) is 4.30. The molecular formula is C14H10N10. The topological polar surface area (TPSA) is 156 Å². The van der Waals surface area contributed by atoms with Crippen molar-refractivity contribution in [3.8, 4) is 24.3 Å². The molecule has 0 saturated heterocycles. The second-order valence-electron chi connectivity index (χ2n) is 4.35. The maximum absolute atomic E-state index is 9.12. The van der Waals surface area contributed by atoms with Gasteiger partial charge in [-0.3, -0.25) is 9.13 Å². The summed E-state index contributed by atoms with van der Waals surface area (Å²) in [5.74, 6) is 0.154. The number of rotatable bonds is 4. The molecule has 10 heteroatoms. The third-order valence-electron chi connectivity index (χ3n) is 3.18. The first kappa shape index (κ1) is 16.4. The van der Waals surface area contributed by atoms with Gasteiger partial charge in [-0.1, -0.05) is 0 Å². The van der Waals surface area contributed by atoms with Crippen LogP contribution in [0.2, 0.25) is 0 Å². The predicted octanol–water partition coefficient (Wildman–Crippen LogP) is 2.02. The van der Waals surface area contributed by atoms with Gasteiger partial charge in [0.25, 0.3) is 11.9 Å². The van der Waals surface area contributed by atoms with Gasteiger partial charge in [-0.2, -0.15) is 31.0 Å². The van der Waals surface area contributed by atoms with E-state index in [2.05, 4.69) is 20.2 Å². The van der Waals surface area contributed by atoms with Crippen LogP contribution in [0, 0.1) is 45.3 Å². The summed E-state index contributed by atoms with van der Waals surface area (Å²) in [5.41, 5.74) is 0.122. The fourth-order valence-electron chi connectivity index (χ4n) is 2.11. The van der Waals surface area contributed by atoms with E-state index in [1.165, 1.54) is 9.13 Å². The van der Waals surface area contributed by atoms with Crippen molar-refractivity contribution >= 4 is 11.9 Å². The Labute approximate surface area is 137 Å². The van der Waals surface area contributed by atoms with Gasteiger partial charge in [-0.15, -0.1) is 10.2 Å². The Morgan fingerprint density at radius 2 is 1.12 bits per heavy atom. The first-order valence-corrected chi connectivity index (χ1v) is 6.88. The minimum Gasteiger partial charge on any atom is -0.298 e. The lowest BCUT2D eigenvalue weighted by Crippen LogP contribution is -1.98. The van der Waals surface area contributed by atoms with Crippen molar-refractivity contribution in [3.05, 3.63) is 22.8 Å². The van der Waals surface area contributed by atoms with Crippen molar-refractivity contribution in [1.29, 1.82) is 21.0 Å². The summed E-state index contributed by atoms with van der Waals surface area (Å²) in [6.07, 6.45) is 0. The van der Waals surface area contributed by atoms with E-state index in [1.807, 2.05) is 24.3 Å². The summed E-state index contributed by atoms with van der Waals surface area (Å²) in [6, 6.07) is 7.48. The Kier molecular flexibility index (Phi) is 4.65. The van der Waals surface area contributed by atoms with E-state index < -0.39 is 0 Å². The minimum atomic E-state index is -0.0393. The number of azo groups is 1. The molecular weight excluding hydrogens is 308 g/mol. The molecule has 0 aliphatic rings. The molecule has 116 valence electrons. The lowest BCUT2D eigenvalue weighted by atomic mass is 10.3. The number of nitriles is 4. The molecule has 0 spiro atoms. The molecule has 0 radical (unpaired) electrons. The lowest BCUT2D eigenvalue weighted by Gasteiger charge is -2.01. The highest BCUT2D eigenvalue weighted by atomic mass is 15.3. The van der Waals surface area contributed by atoms with Crippen molar-refractivity contribution in [3.63, 3.8) is 0 Å². The monoisotopic (exact) mass is 318 g/mol. The molecule has 0 saturated carbocycles. The van der Waals surface area contributed by atoms with Gasteiger partial charge in [-0.05, 0) is 13.8 Å². The summed E-state index contributed by atoms with van der Waals surface area (Å²) < 4.78 is 2.88. The Bertz CT molecular complexity index is 897. The maximum Gasteiger partial charge on any atom is 0.251 e. The van der Waals surface area contributed by atoms with Gasteiger partial charge in [0.15, 0.2) is 22.8 Å². The van der Waals surface area contributed by atoms with E-state index in [0.717, 1.165) is 0 Å². The van der Waals surface area contributed by atoms with Crippen LogP contribution in [-0.4, -0.2) is 19.1 Å². The fourth-order valence-corrected chi connectivity index (χ4v) is 2.11. The van der Waals surface area contributed by atoms with Gasteiger partial charge in [-0.25, -0.2) is 0 Å². The quantitative estimate of drug-likeness (QED) is 0.785. The Hall–Kier alpha value is -4.02. The Morgan fingerprint density at radius 1 is 0.750 bits per heavy atom. The van der Waals surface area contributed by atoms with Crippen molar-refractivity contribution in [2.45, 2.75) is 26.9 Å². The van der Waals surface area contributed by atoms with Gasteiger partial charge in [0.2, 0.25) is 0 Å². The van der Waals surface area contributed by atoms with Crippen LogP contribution in [0.5, 0.6) is 0 Å². The molecule has 2 aromatic rings. The molecule has 0 aromatic carbocycles. The zero-order valence-electron chi connectivity index (χ0n) is 12.9. The largest absolute Gasteiger partial charge is 0.298 e. The molecule has 0 atom stereocenters. The zero-order valence-corrected chi connectivity index (χ0v) is 12.9. The molecule has 0 unspecified atom stereocenters. The van der Waals surface area contributed by atoms with Crippen LogP contribution in [0.15, 0.2) is 10.2 Å². The Morgan fingerprint density at radius 3 is 1.38 bits per heavy atom. The van der Waals surface area contributed by atoms with Crippen LogP contribution in [0.4, 0.5) is 11.9 Å². The van der Waals surface area contributed by atoms with Crippen molar-refractivity contribution in [2.75, 3.05) is 0 Å². The van der Waals surface area contributed by atoms with Crippen molar-refractivity contribution in [1.82, 2.24) is 19.1 Å². The van der Waals surface area contributed by atoms with Crippen LogP contribution >= 0.6 is 0 Å². The van der Waals surface area contributed by atoms with E-state index >= 15 is 0 Å². The molecule has 0 bridgehead atoms. The third kappa shape index (κ3) is 2.56. The second kappa shape index (κ2) is 6.83. The lowest BCUT2D eigenvalue weighted by molar-refractivity contribution is 0.731. The average Bonchev–Trinajstić information content (AvgIpc) is 3.15. The minimum absolute atomic E-state index is 0.0393. The second-order valence-corrected chi connectivity index (χ2v) is 4.35. The molecule has 2 aromatic heterocycles. The SMILES string of the molecule is CCn1c(/N=N/c2nc(C#N)c(C#N)n2CC)nc(C#N)c1C#N. The van der Waals surface area contributed by atoms with E-state index in [0.29, 0.717) is 13.1 Å².